The van der Waals surface area contributed by atoms with Gasteiger partial charge in [-0.1, -0.05) is 90.2 Å². The zero-order valence-corrected chi connectivity index (χ0v) is 18.5. The van der Waals surface area contributed by atoms with Gasteiger partial charge in [0.05, 0.1) is 22.0 Å². The molecule has 31 heavy (non-hydrogen) atoms. The Morgan fingerprint density at radius 2 is 1.68 bits per heavy atom. The summed E-state index contributed by atoms with van der Waals surface area (Å²) >= 11 is 12.7. The number of halogens is 1. The van der Waals surface area contributed by atoms with Crippen LogP contribution in [0.25, 0.3) is 6.08 Å². The van der Waals surface area contributed by atoms with Gasteiger partial charge in [-0.3, -0.25) is 9.69 Å². The van der Waals surface area contributed by atoms with Gasteiger partial charge in [-0.25, -0.2) is 4.79 Å². The van der Waals surface area contributed by atoms with Gasteiger partial charge in [0.1, 0.15) is 10.1 Å². The highest BCUT2D eigenvalue weighted by atomic mass is 35.5. The highest BCUT2D eigenvalue weighted by Gasteiger charge is 2.31. The van der Waals surface area contributed by atoms with Crippen LogP contribution < -0.4 is 4.74 Å². The van der Waals surface area contributed by atoms with Crippen LogP contribution in [-0.4, -0.2) is 21.1 Å². The van der Waals surface area contributed by atoms with Crippen molar-refractivity contribution in [1.29, 1.82) is 0 Å². The van der Waals surface area contributed by atoms with E-state index in [1.54, 1.807) is 59.5 Å². The molecular formula is C24H16ClNO3S2. The standard InChI is InChI=1S/C24H16ClNO3S2/c25-20-9-5-4-8-19(20)23(28)29-18-12-10-16(11-13-18)14-21-22(27)26(24(30)31-21)15-17-6-2-1-3-7-17/h1-14H,15H2. The Kier molecular flexibility index (Phi) is 6.51. The zero-order valence-electron chi connectivity index (χ0n) is 16.2. The smallest absolute Gasteiger partial charge is 0.345 e. The molecule has 154 valence electrons. The Labute approximate surface area is 194 Å². The SMILES string of the molecule is O=C(Oc1ccc(C=C2SC(=S)N(Cc3ccccc3)C2=O)cc1)c1ccccc1Cl. The van der Waals surface area contributed by atoms with Gasteiger partial charge in [0.2, 0.25) is 0 Å². The van der Waals surface area contributed by atoms with Crippen molar-refractivity contribution in [3.63, 3.8) is 0 Å². The maximum atomic E-state index is 12.8. The van der Waals surface area contributed by atoms with Gasteiger partial charge in [0.15, 0.2) is 0 Å². The minimum absolute atomic E-state index is 0.118. The third kappa shape index (κ3) is 5.05. The molecule has 1 heterocycles. The van der Waals surface area contributed by atoms with Crippen LogP contribution in [0.5, 0.6) is 5.75 Å². The van der Waals surface area contributed by atoms with Crippen LogP contribution >= 0.6 is 35.6 Å². The number of thiocarbonyl (C=S) groups is 1. The van der Waals surface area contributed by atoms with Crippen LogP contribution in [0, 0.1) is 0 Å². The minimum atomic E-state index is -0.528. The number of carbonyl (C=O) groups excluding carboxylic acids is 2. The summed E-state index contributed by atoms with van der Waals surface area (Å²) in [4.78, 5) is 27.2. The summed E-state index contributed by atoms with van der Waals surface area (Å²) in [6.07, 6.45) is 1.78. The lowest BCUT2D eigenvalue weighted by atomic mass is 10.2. The first-order valence-corrected chi connectivity index (χ1v) is 11.0. The number of carbonyl (C=O) groups is 2. The lowest BCUT2D eigenvalue weighted by molar-refractivity contribution is -0.122. The first kappa shape index (κ1) is 21.3. The summed E-state index contributed by atoms with van der Waals surface area (Å²) in [5.74, 6) is -0.257. The summed E-state index contributed by atoms with van der Waals surface area (Å²) in [6.45, 7) is 0.444. The average molecular weight is 466 g/mol. The molecule has 0 atom stereocenters. The van der Waals surface area contributed by atoms with Gasteiger partial charge in [0, 0.05) is 0 Å². The maximum absolute atomic E-state index is 12.8. The van der Waals surface area contributed by atoms with E-state index in [0.29, 0.717) is 32.1 Å². The first-order valence-electron chi connectivity index (χ1n) is 9.37. The molecule has 4 rings (SSSR count). The van der Waals surface area contributed by atoms with E-state index in [9.17, 15) is 9.59 Å². The normalized spacial score (nSPS) is 14.9. The van der Waals surface area contributed by atoms with Crippen LogP contribution in [0.2, 0.25) is 5.02 Å². The largest absolute Gasteiger partial charge is 0.423 e. The van der Waals surface area contributed by atoms with Gasteiger partial charge in [-0.2, -0.15) is 0 Å². The summed E-state index contributed by atoms with van der Waals surface area (Å²) in [7, 11) is 0. The number of benzene rings is 3. The van der Waals surface area contributed by atoms with E-state index >= 15 is 0 Å². The summed E-state index contributed by atoms with van der Waals surface area (Å²) < 4.78 is 5.92. The number of ether oxygens (including phenoxy) is 1. The number of thioether (sulfide) groups is 1. The fourth-order valence-corrected chi connectivity index (χ4v) is 4.44. The van der Waals surface area contributed by atoms with Crippen molar-refractivity contribution in [2.75, 3.05) is 0 Å². The predicted octanol–water partition coefficient (Wildman–Crippen LogP) is 5.96. The van der Waals surface area contributed by atoms with Crippen molar-refractivity contribution >= 4 is 57.9 Å². The summed E-state index contributed by atoms with van der Waals surface area (Å²) in [6, 6.07) is 23.3. The number of esters is 1. The quantitative estimate of drug-likeness (QED) is 0.201. The highest BCUT2D eigenvalue weighted by molar-refractivity contribution is 8.26. The third-order valence-electron chi connectivity index (χ3n) is 4.54. The molecule has 0 bridgehead atoms. The molecule has 1 saturated heterocycles. The Hall–Kier alpha value is -2.93. The molecule has 0 N–H and O–H groups in total. The molecule has 1 aliphatic heterocycles. The van der Waals surface area contributed by atoms with E-state index in [2.05, 4.69) is 0 Å². The molecule has 3 aromatic rings. The van der Waals surface area contributed by atoms with Crippen molar-refractivity contribution in [3.05, 3.63) is 105 Å². The Balaban J connectivity index is 1.44. The molecule has 1 aliphatic rings. The molecule has 0 spiro atoms. The van der Waals surface area contributed by atoms with Gasteiger partial charge in [0.25, 0.3) is 5.91 Å². The molecule has 0 saturated carbocycles. The molecule has 1 amide bonds. The van der Waals surface area contributed by atoms with Gasteiger partial charge < -0.3 is 4.74 Å². The van der Waals surface area contributed by atoms with Crippen LogP contribution in [-0.2, 0) is 11.3 Å². The Morgan fingerprint density at radius 1 is 1.00 bits per heavy atom. The predicted molar refractivity (Wildman–Crippen MR) is 128 cm³/mol. The van der Waals surface area contributed by atoms with Crippen LogP contribution in [0.1, 0.15) is 21.5 Å². The van der Waals surface area contributed by atoms with Gasteiger partial charge >= 0.3 is 5.97 Å². The molecule has 7 heteroatoms. The van der Waals surface area contributed by atoms with E-state index in [1.807, 2.05) is 30.3 Å². The molecule has 0 aromatic heterocycles. The fourth-order valence-electron chi connectivity index (χ4n) is 2.97. The summed E-state index contributed by atoms with van der Waals surface area (Å²) in [5.41, 5.74) is 2.12. The van der Waals surface area contributed by atoms with Crippen molar-refractivity contribution < 1.29 is 14.3 Å². The number of amides is 1. The second-order valence-electron chi connectivity index (χ2n) is 6.69. The van der Waals surface area contributed by atoms with E-state index in [-0.39, 0.29) is 5.91 Å². The van der Waals surface area contributed by atoms with Crippen molar-refractivity contribution in [2.45, 2.75) is 6.54 Å². The number of hydrogen-bond acceptors (Lipinski definition) is 5. The van der Waals surface area contributed by atoms with Crippen molar-refractivity contribution in [1.82, 2.24) is 4.90 Å². The zero-order chi connectivity index (χ0) is 21.8. The lowest BCUT2D eigenvalue weighted by Gasteiger charge is -2.14. The average Bonchev–Trinajstić information content (AvgIpc) is 3.03. The number of nitrogens with zero attached hydrogens (tertiary/aromatic N) is 1. The topological polar surface area (TPSA) is 46.6 Å². The number of hydrogen-bond donors (Lipinski definition) is 0. The molecule has 0 aliphatic carbocycles. The van der Waals surface area contributed by atoms with E-state index in [4.69, 9.17) is 28.6 Å². The molecule has 0 radical (unpaired) electrons. The van der Waals surface area contributed by atoms with Crippen molar-refractivity contribution in [3.8, 4) is 5.75 Å². The summed E-state index contributed by atoms with van der Waals surface area (Å²) in [5, 5.41) is 0.335. The molecule has 0 unspecified atom stereocenters. The highest BCUT2D eigenvalue weighted by Crippen LogP contribution is 2.33. The van der Waals surface area contributed by atoms with Crippen LogP contribution in [0.4, 0.5) is 0 Å². The molecule has 4 nitrogen and oxygen atoms in total. The maximum Gasteiger partial charge on any atom is 0.345 e. The van der Waals surface area contributed by atoms with Gasteiger partial charge in [-0.05, 0) is 41.5 Å². The monoisotopic (exact) mass is 465 g/mol. The molecule has 1 fully saturated rings. The number of rotatable bonds is 5. The van der Waals surface area contributed by atoms with Crippen LogP contribution in [0.3, 0.4) is 0 Å². The third-order valence-corrected chi connectivity index (χ3v) is 6.25. The van der Waals surface area contributed by atoms with Crippen LogP contribution in [0.15, 0.2) is 83.8 Å². The molecular weight excluding hydrogens is 450 g/mol. The van der Waals surface area contributed by atoms with Gasteiger partial charge in [-0.15, -0.1) is 0 Å². The van der Waals surface area contributed by atoms with Crippen molar-refractivity contribution in [2.24, 2.45) is 0 Å². The van der Waals surface area contributed by atoms with E-state index in [0.717, 1.165) is 11.1 Å². The Bertz CT molecular complexity index is 1180. The Morgan fingerprint density at radius 3 is 2.39 bits per heavy atom. The second kappa shape index (κ2) is 9.47. The molecule has 3 aromatic carbocycles. The van der Waals surface area contributed by atoms with E-state index in [1.165, 1.54) is 11.8 Å². The fraction of sp³-hybridized carbons (Fsp3) is 0.0417. The second-order valence-corrected chi connectivity index (χ2v) is 8.77. The first-order chi connectivity index (χ1) is 15.0. The van der Waals surface area contributed by atoms with E-state index < -0.39 is 5.97 Å². The lowest BCUT2D eigenvalue weighted by Crippen LogP contribution is -2.27. The minimum Gasteiger partial charge on any atom is -0.423 e.